The van der Waals surface area contributed by atoms with Crippen molar-refractivity contribution >= 4 is 44.8 Å². The second kappa shape index (κ2) is 13.4. The number of non-ortho nitro benzene ring substituents is 1. The normalized spacial score (nSPS) is 12.1. The Bertz CT molecular complexity index is 1270. The molecule has 1 atom stereocenters. The molecule has 0 saturated heterocycles. The van der Waals surface area contributed by atoms with Gasteiger partial charge in [-0.2, -0.15) is 0 Å². The van der Waals surface area contributed by atoms with Crippen molar-refractivity contribution < 1.29 is 27.7 Å². The average Bonchev–Trinajstić information content (AvgIpc) is 2.85. The Hall–Kier alpha value is -3.38. The van der Waals surface area contributed by atoms with Gasteiger partial charge in [0.1, 0.15) is 24.0 Å². The van der Waals surface area contributed by atoms with Gasteiger partial charge in [0.2, 0.25) is 21.8 Å². The van der Waals surface area contributed by atoms with Crippen LogP contribution >= 0.6 is 11.6 Å². The van der Waals surface area contributed by atoms with Gasteiger partial charge >= 0.3 is 0 Å². The van der Waals surface area contributed by atoms with E-state index in [1.54, 1.807) is 31.2 Å². The molecule has 0 aliphatic carbocycles. The van der Waals surface area contributed by atoms with Gasteiger partial charge in [0.05, 0.1) is 18.3 Å². The molecule has 2 aromatic carbocycles. The number of methoxy groups -OCH3 is 1. The molecule has 0 unspecified atom stereocenters. The van der Waals surface area contributed by atoms with Gasteiger partial charge in [-0.15, -0.1) is 0 Å². The Morgan fingerprint density at radius 2 is 1.84 bits per heavy atom. The van der Waals surface area contributed by atoms with E-state index in [-0.39, 0.29) is 41.9 Å². The van der Waals surface area contributed by atoms with Crippen LogP contribution in [0.25, 0.3) is 0 Å². The maximum Gasteiger partial charge on any atom is 0.271 e. The summed E-state index contributed by atoms with van der Waals surface area (Å²) in [5, 5.41) is 14.6. The second-order valence-corrected chi connectivity index (χ2v) is 11.4. The molecule has 0 saturated carbocycles. The first-order valence-electron chi connectivity index (χ1n) is 11.9. The molecule has 2 amide bonds. The number of sulfonamides is 1. The number of carbonyl (C=O) groups excluding carboxylic acids is 2. The number of nitro groups is 1. The van der Waals surface area contributed by atoms with Crippen molar-refractivity contribution in [1.29, 1.82) is 0 Å². The topological polar surface area (TPSA) is 139 Å². The third-order valence-corrected chi connectivity index (χ3v) is 7.19. The molecule has 11 nitrogen and oxygen atoms in total. The van der Waals surface area contributed by atoms with E-state index in [9.17, 15) is 28.1 Å². The first kappa shape index (κ1) is 30.8. The maximum atomic E-state index is 13.8. The summed E-state index contributed by atoms with van der Waals surface area (Å²) in [5.74, 6) is -0.893. The molecule has 0 aliphatic heterocycles. The highest BCUT2D eigenvalue weighted by molar-refractivity contribution is 7.92. The predicted molar refractivity (Wildman–Crippen MR) is 146 cm³/mol. The summed E-state index contributed by atoms with van der Waals surface area (Å²) >= 11 is 6.34. The Kier molecular flexibility index (Phi) is 10.9. The van der Waals surface area contributed by atoms with Gasteiger partial charge in [0, 0.05) is 30.2 Å². The van der Waals surface area contributed by atoms with Crippen molar-refractivity contribution in [3.63, 3.8) is 0 Å². The summed E-state index contributed by atoms with van der Waals surface area (Å²) in [6.45, 7) is 5.22. The molecule has 0 bridgehead atoms. The third kappa shape index (κ3) is 8.06. The molecule has 0 heterocycles. The Morgan fingerprint density at radius 1 is 1.18 bits per heavy atom. The van der Waals surface area contributed by atoms with Gasteiger partial charge in [0.25, 0.3) is 5.69 Å². The molecular weight excluding hydrogens is 536 g/mol. The fourth-order valence-electron chi connectivity index (χ4n) is 3.73. The lowest BCUT2D eigenvalue weighted by molar-refractivity contribution is -0.384. The molecule has 0 spiro atoms. The van der Waals surface area contributed by atoms with Crippen molar-refractivity contribution in [3.05, 3.63) is 63.2 Å². The van der Waals surface area contributed by atoms with Gasteiger partial charge in [0.15, 0.2) is 0 Å². The molecule has 0 aliphatic rings. The number of nitrogens with zero attached hydrogens (tertiary/aromatic N) is 3. The number of rotatable bonds is 13. The van der Waals surface area contributed by atoms with Crippen molar-refractivity contribution in [1.82, 2.24) is 10.2 Å². The van der Waals surface area contributed by atoms with E-state index < -0.39 is 33.4 Å². The first-order chi connectivity index (χ1) is 17.8. The molecule has 38 heavy (non-hydrogen) atoms. The number of benzene rings is 2. The molecule has 0 aromatic heterocycles. The zero-order valence-corrected chi connectivity index (χ0v) is 23.6. The molecule has 1 N–H and O–H groups in total. The quantitative estimate of drug-likeness (QED) is 0.287. The fraction of sp³-hybridized carbons (Fsp3) is 0.440. The number of ether oxygens (including phenoxy) is 1. The minimum Gasteiger partial charge on any atom is -0.495 e. The summed E-state index contributed by atoms with van der Waals surface area (Å²) in [6, 6.07) is 9.34. The van der Waals surface area contributed by atoms with Crippen LogP contribution in [0, 0.1) is 16.0 Å². The van der Waals surface area contributed by atoms with Crippen LogP contribution in [0.1, 0.15) is 32.8 Å². The number of nitro benzene ring substituents is 1. The average molecular weight is 569 g/mol. The molecule has 0 fully saturated rings. The van der Waals surface area contributed by atoms with Crippen molar-refractivity contribution in [3.8, 4) is 5.75 Å². The van der Waals surface area contributed by atoms with Crippen molar-refractivity contribution in [2.45, 2.75) is 39.8 Å². The molecule has 2 rings (SSSR count). The van der Waals surface area contributed by atoms with Crippen LogP contribution in [0.3, 0.4) is 0 Å². The standard InChI is InChI=1S/C25H33ClN4O7S/c1-6-21(25(32)27-14-17(2)3)28(15-18-9-7-8-10-20(18)26)24(31)16-29(38(5,35)36)22-13-19(30(33)34)11-12-23(22)37-4/h7-13,17,21H,6,14-16H2,1-5H3,(H,27,32)/t21-/m0/s1. The zero-order valence-electron chi connectivity index (χ0n) is 22.0. The minimum atomic E-state index is -4.12. The number of anilines is 1. The van der Waals surface area contributed by atoms with E-state index in [2.05, 4.69) is 5.32 Å². The van der Waals surface area contributed by atoms with E-state index in [4.69, 9.17) is 16.3 Å². The lowest BCUT2D eigenvalue weighted by Crippen LogP contribution is -2.52. The minimum absolute atomic E-state index is 0.0215. The number of carbonyl (C=O) groups is 2. The summed E-state index contributed by atoms with van der Waals surface area (Å²) in [4.78, 5) is 38.8. The number of nitrogens with one attached hydrogen (secondary N) is 1. The largest absolute Gasteiger partial charge is 0.495 e. The van der Waals surface area contributed by atoms with Gasteiger partial charge in [-0.25, -0.2) is 8.42 Å². The van der Waals surface area contributed by atoms with Crippen LogP contribution in [-0.2, 0) is 26.2 Å². The second-order valence-electron chi connectivity index (χ2n) is 9.06. The number of hydrogen-bond donors (Lipinski definition) is 1. The number of hydrogen-bond acceptors (Lipinski definition) is 7. The first-order valence-corrected chi connectivity index (χ1v) is 14.1. The molecule has 13 heteroatoms. The zero-order chi connectivity index (χ0) is 28.6. The Morgan fingerprint density at radius 3 is 2.37 bits per heavy atom. The molecular formula is C25H33ClN4O7S. The lowest BCUT2D eigenvalue weighted by Gasteiger charge is -2.33. The fourth-order valence-corrected chi connectivity index (χ4v) is 4.77. The summed E-state index contributed by atoms with van der Waals surface area (Å²) in [6.07, 6.45) is 1.13. The van der Waals surface area contributed by atoms with Crippen LogP contribution in [0.4, 0.5) is 11.4 Å². The van der Waals surface area contributed by atoms with E-state index in [1.807, 2.05) is 13.8 Å². The van der Waals surface area contributed by atoms with Crippen LogP contribution in [-0.4, -0.2) is 62.6 Å². The van der Waals surface area contributed by atoms with E-state index in [1.165, 1.54) is 24.1 Å². The Balaban J connectivity index is 2.56. The third-order valence-electron chi connectivity index (χ3n) is 5.69. The molecule has 2 aromatic rings. The van der Waals surface area contributed by atoms with E-state index in [0.717, 1.165) is 16.6 Å². The smallest absolute Gasteiger partial charge is 0.271 e. The maximum absolute atomic E-state index is 13.8. The lowest BCUT2D eigenvalue weighted by atomic mass is 10.1. The van der Waals surface area contributed by atoms with E-state index >= 15 is 0 Å². The predicted octanol–water partition coefficient (Wildman–Crippen LogP) is 3.60. The van der Waals surface area contributed by atoms with Crippen LogP contribution in [0.5, 0.6) is 5.75 Å². The highest BCUT2D eigenvalue weighted by Gasteiger charge is 2.33. The Labute approximate surface area is 227 Å². The van der Waals surface area contributed by atoms with Gasteiger partial charge in [-0.1, -0.05) is 50.6 Å². The van der Waals surface area contributed by atoms with Gasteiger partial charge in [-0.05, 0) is 30.0 Å². The van der Waals surface area contributed by atoms with Crippen LogP contribution in [0.2, 0.25) is 5.02 Å². The van der Waals surface area contributed by atoms with Crippen molar-refractivity contribution in [2.24, 2.45) is 5.92 Å². The summed E-state index contributed by atoms with van der Waals surface area (Å²) in [5.41, 5.74) is 0.0123. The highest BCUT2D eigenvalue weighted by atomic mass is 35.5. The van der Waals surface area contributed by atoms with Crippen LogP contribution in [0.15, 0.2) is 42.5 Å². The van der Waals surface area contributed by atoms with E-state index in [0.29, 0.717) is 17.1 Å². The number of halogens is 1. The number of amides is 2. The van der Waals surface area contributed by atoms with Gasteiger partial charge in [-0.3, -0.25) is 24.0 Å². The van der Waals surface area contributed by atoms with Crippen molar-refractivity contribution in [2.75, 3.05) is 30.8 Å². The van der Waals surface area contributed by atoms with Gasteiger partial charge < -0.3 is 15.0 Å². The van der Waals surface area contributed by atoms with Crippen LogP contribution < -0.4 is 14.4 Å². The monoisotopic (exact) mass is 568 g/mol. The molecule has 0 radical (unpaired) electrons. The summed E-state index contributed by atoms with van der Waals surface area (Å²) in [7, 11) is -2.84. The molecule has 208 valence electrons. The highest BCUT2D eigenvalue weighted by Crippen LogP contribution is 2.34. The SMILES string of the molecule is CC[C@@H](C(=O)NCC(C)C)N(Cc1ccccc1Cl)C(=O)CN(c1cc([N+](=O)[O-])ccc1OC)S(C)(=O)=O. The summed E-state index contributed by atoms with van der Waals surface area (Å²) < 4.78 is 31.6.